The summed E-state index contributed by atoms with van der Waals surface area (Å²) >= 11 is 1.41. The zero-order valence-corrected chi connectivity index (χ0v) is 10.6. The number of ether oxygens (including phenoxy) is 1. The van der Waals surface area contributed by atoms with Crippen molar-refractivity contribution in [2.24, 2.45) is 5.92 Å². The Labute approximate surface area is 109 Å². The average Bonchev–Trinajstić information content (AvgIpc) is 3.09. The normalized spacial score (nSPS) is 16.9. The third kappa shape index (κ3) is 2.11. The van der Waals surface area contributed by atoms with E-state index in [1.807, 2.05) is 6.07 Å². The van der Waals surface area contributed by atoms with Gasteiger partial charge in [-0.05, 0) is 18.9 Å². The maximum atomic E-state index is 12.5. The molecule has 3 heterocycles. The zero-order valence-electron chi connectivity index (χ0n) is 9.80. The lowest BCUT2D eigenvalue weighted by molar-refractivity contribution is 0.0548. The highest BCUT2D eigenvalue weighted by Crippen LogP contribution is 2.30. The van der Waals surface area contributed by atoms with Gasteiger partial charge in [-0.2, -0.15) is 0 Å². The molecule has 0 saturated carbocycles. The molecule has 1 aliphatic rings. The Hall–Kier alpha value is -1.46. The van der Waals surface area contributed by atoms with Gasteiger partial charge in [0.05, 0.1) is 28.6 Å². The van der Waals surface area contributed by atoms with Gasteiger partial charge in [0.1, 0.15) is 0 Å². The van der Waals surface area contributed by atoms with Gasteiger partial charge in [-0.15, -0.1) is 11.3 Å². The summed E-state index contributed by atoms with van der Waals surface area (Å²) in [7, 11) is 0. The van der Waals surface area contributed by atoms with Crippen molar-refractivity contribution in [3.63, 3.8) is 0 Å². The van der Waals surface area contributed by atoms with Gasteiger partial charge >= 0.3 is 0 Å². The van der Waals surface area contributed by atoms with Crippen LogP contribution in [0.5, 0.6) is 0 Å². The van der Waals surface area contributed by atoms with Crippen LogP contribution >= 0.6 is 11.3 Å². The largest absolute Gasteiger partial charge is 0.472 e. The minimum absolute atomic E-state index is 0.0739. The molecule has 3 rings (SSSR count). The molecule has 1 aliphatic heterocycles. The zero-order chi connectivity index (χ0) is 12.4. The molecule has 2 aromatic heterocycles. The molecule has 0 N–H and O–H groups in total. The summed E-state index contributed by atoms with van der Waals surface area (Å²) in [5.41, 5.74) is 3.33. The van der Waals surface area contributed by atoms with Crippen LogP contribution in [0.25, 0.3) is 11.3 Å². The van der Waals surface area contributed by atoms with Crippen molar-refractivity contribution >= 4 is 17.1 Å². The number of Topliss-reactive ketones (excluding diaryl/α,β-unsaturated/α-hetero) is 1. The van der Waals surface area contributed by atoms with E-state index in [0.717, 1.165) is 29.0 Å². The van der Waals surface area contributed by atoms with E-state index in [4.69, 9.17) is 9.15 Å². The summed E-state index contributed by atoms with van der Waals surface area (Å²) in [5.74, 6) is 0.266. The molecule has 0 aliphatic carbocycles. The van der Waals surface area contributed by atoms with Gasteiger partial charge in [0.2, 0.25) is 0 Å². The van der Waals surface area contributed by atoms with Gasteiger partial charge in [0.15, 0.2) is 5.78 Å². The van der Waals surface area contributed by atoms with E-state index in [1.54, 1.807) is 18.0 Å². The second-order valence-electron chi connectivity index (χ2n) is 4.29. The van der Waals surface area contributed by atoms with E-state index in [1.165, 1.54) is 11.3 Å². The Kier molecular flexibility index (Phi) is 3.25. The first kappa shape index (κ1) is 11.6. The van der Waals surface area contributed by atoms with Gasteiger partial charge in [-0.3, -0.25) is 4.79 Å². The molecular weight excluding hydrogens is 250 g/mol. The first-order valence-electron chi connectivity index (χ1n) is 5.94. The smallest absolute Gasteiger partial charge is 0.178 e. The number of carbonyl (C=O) groups is 1. The van der Waals surface area contributed by atoms with Crippen LogP contribution in [0.4, 0.5) is 0 Å². The van der Waals surface area contributed by atoms with E-state index in [2.05, 4.69) is 4.98 Å². The van der Waals surface area contributed by atoms with Gasteiger partial charge in [-0.25, -0.2) is 4.98 Å². The number of carbonyl (C=O) groups excluding carboxylic acids is 1. The third-order valence-electron chi connectivity index (χ3n) is 3.18. The molecule has 0 bridgehead atoms. The number of rotatable bonds is 3. The maximum absolute atomic E-state index is 12.5. The molecule has 0 unspecified atom stereocenters. The Morgan fingerprint density at radius 2 is 2.22 bits per heavy atom. The second-order valence-corrected chi connectivity index (χ2v) is 5.15. The van der Waals surface area contributed by atoms with Crippen molar-refractivity contribution in [1.82, 2.24) is 4.98 Å². The van der Waals surface area contributed by atoms with Crippen LogP contribution in [0, 0.1) is 5.92 Å². The molecular formula is C13H13NO3S. The summed E-state index contributed by atoms with van der Waals surface area (Å²) < 4.78 is 10.3. The van der Waals surface area contributed by atoms with Crippen LogP contribution in [0.1, 0.15) is 22.5 Å². The Bertz CT molecular complexity index is 526. The lowest BCUT2D eigenvalue weighted by Gasteiger charge is -2.20. The molecule has 4 nitrogen and oxygen atoms in total. The first-order chi connectivity index (χ1) is 8.86. The van der Waals surface area contributed by atoms with E-state index < -0.39 is 0 Å². The van der Waals surface area contributed by atoms with Crippen molar-refractivity contribution in [1.29, 1.82) is 0 Å². The Morgan fingerprint density at radius 1 is 1.39 bits per heavy atom. The van der Waals surface area contributed by atoms with Crippen molar-refractivity contribution in [3.05, 3.63) is 29.0 Å². The average molecular weight is 263 g/mol. The van der Waals surface area contributed by atoms with E-state index in [0.29, 0.717) is 13.2 Å². The van der Waals surface area contributed by atoms with Crippen molar-refractivity contribution in [3.8, 4) is 11.3 Å². The van der Waals surface area contributed by atoms with Gasteiger partial charge in [0, 0.05) is 24.7 Å². The number of furan rings is 1. The standard InChI is InChI=1S/C13H13NO3S/c15-12(9-1-4-16-5-2-9)13-11(14-8-18-13)10-3-6-17-7-10/h3,6-9H,1-2,4-5H2. The fraction of sp³-hybridized carbons (Fsp3) is 0.385. The van der Waals surface area contributed by atoms with Crippen molar-refractivity contribution in [2.75, 3.05) is 13.2 Å². The van der Waals surface area contributed by atoms with Crippen LogP contribution in [0.3, 0.4) is 0 Å². The van der Waals surface area contributed by atoms with E-state index >= 15 is 0 Å². The summed E-state index contributed by atoms with van der Waals surface area (Å²) in [6.45, 7) is 1.35. The fourth-order valence-electron chi connectivity index (χ4n) is 2.17. The maximum Gasteiger partial charge on any atom is 0.178 e. The molecule has 0 spiro atoms. The quantitative estimate of drug-likeness (QED) is 0.799. The molecule has 5 heteroatoms. The Morgan fingerprint density at radius 3 is 2.94 bits per heavy atom. The Balaban J connectivity index is 1.88. The number of nitrogens with zero attached hydrogens (tertiary/aromatic N) is 1. The molecule has 94 valence electrons. The van der Waals surface area contributed by atoms with Crippen molar-refractivity contribution in [2.45, 2.75) is 12.8 Å². The number of ketones is 1. The van der Waals surface area contributed by atoms with Gasteiger partial charge in [-0.1, -0.05) is 0 Å². The highest BCUT2D eigenvalue weighted by molar-refractivity contribution is 7.12. The van der Waals surface area contributed by atoms with E-state index in [9.17, 15) is 4.79 Å². The van der Waals surface area contributed by atoms with Gasteiger partial charge in [0.25, 0.3) is 0 Å². The van der Waals surface area contributed by atoms with Gasteiger partial charge < -0.3 is 9.15 Å². The molecule has 1 saturated heterocycles. The number of thiazole rings is 1. The SMILES string of the molecule is O=C(c1scnc1-c1ccoc1)C1CCOCC1. The summed E-state index contributed by atoms with van der Waals surface area (Å²) in [6, 6.07) is 1.83. The number of aromatic nitrogens is 1. The highest BCUT2D eigenvalue weighted by atomic mass is 32.1. The number of hydrogen-bond donors (Lipinski definition) is 0. The van der Waals surface area contributed by atoms with Crippen LogP contribution < -0.4 is 0 Å². The first-order valence-corrected chi connectivity index (χ1v) is 6.82. The monoisotopic (exact) mass is 263 g/mol. The van der Waals surface area contributed by atoms with Crippen LogP contribution in [0.15, 0.2) is 28.5 Å². The highest BCUT2D eigenvalue weighted by Gasteiger charge is 2.26. The second kappa shape index (κ2) is 5.04. The summed E-state index contributed by atoms with van der Waals surface area (Å²) in [6.07, 6.45) is 4.83. The van der Waals surface area contributed by atoms with Crippen LogP contribution in [-0.2, 0) is 4.74 Å². The summed E-state index contributed by atoms with van der Waals surface area (Å²) in [4.78, 5) is 17.5. The topological polar surface area (TPSA) is 52.3 Å². The molecule has 2 aromatic rings. The predicted molar refractivity (Wildman–Crippen MR) is 67.7 cm³/mol. The molecule has 0 radical (unpaired) electrons. The lowest BCUT2D eigenvalue weighted by Crippen LogP contribution is -2.23. The fourth-order valence-corrected chi connectivity index (χ4v) is 3.00. The molecule has 0 atom stereocenters. The molecule has 0 amide bonds. The summed E-state index contributed by atoms with van der Waals surface area (Å²) in [5, 5.41) is 0. The van der Waals surface area contributed by atoms with Crippen molar-refractivity contribution < 1.29 is 13.9 Å². The molecule has 18 heavy (non-hydrogen) atoms. The molecule has 1 fully saturated rings. The van der Waals surface area contributed by atoms with Crippen LogP contribution in [0.2, 0.25) is 0 Å². The predicted octanol–water partition coefficient (Wildman–Crippen LogP) is 3.01. The minimum atomic E-state index is 0.0739. The van der Waals surface area contributed by atoms with E-state index in [-0.39, 0.29) is 11.7 Å². The lowest BCUT2D eigenvalue weighted by atomic mass is 9.93. The van der Waals surface area contributed by atoms with Crippen LogP contribution in [-0.4, -0.2) is 24.0 Å². The third-order valence-corrected chi connectivity index (χ3v) is 4.02. The minimum Gasteiger partial charge on any atom is -0.472 e. The number of hydrogen-bond acceptors (Lipinski definition) is 5. The molecule has 0 aromatic carbocycles.